The van der Waals surface area contributed by atoms with Crippen LogP contribution in [0.15, 0.2) is 170 Å². The molecule has 0 unspecified atom stereocenters. The highest BCUT2D eigenvalue weighted by atomic mass is 15.2. The lowest BCUT2D eigenvalue weighted by Gasteiger charge is -2.11. The van der Waals surface area contributed by atoms with Gasteiger partial charge in [-0.15, -0.1) is 0 Å². The van der Waals surface area contributed by atoms with Crippen molar-refractivity contribution in [1.82, 2.24) is 24.1 Å². The van der Waals surface area contributed by atoms with Gasteiger partial charge in [0.2, 0.25) is 5.95 Å². The summed E-state index contributed by atoms with van der Waals surface area (Å²) < 4.78 is 4.51. The third kappa shape index (κ3) is 5.23. The number of allylic oxidation sites excluding steroid dienone is 2. The van der Waals surface area contributed by atoms with Crippen molar-refractivity contribution in [3.05, 3.63) is 182 Å². The number of hydrogen-bond donors (Lipinski definition) is 0. The molecule has 0 amide bonds. The van der Waals surface area contributed by atoms with E-state index in [1.807, 2.05) is 72.8 Å². The monoisotopic (exact) mass is 655 g/mol. The van der Waals surface area contributed by atoms with E-state index in [0.717, 1.165) is 50.1 Å². The van der Waals surface area contributed by atoms with E-state index in [0.29, 0.717) is 17.6 Å². The van der Waals surface area contributed by atoms with E-state index >= 15 is 0 Å². The molecule has 0 fully saturated rings. The molecule has 0 bridgehead atoms. The summed E-state index contributed by atoms with van der Waals surface area (Å²) in [7, 11) is 0. The Morgan fingerprint density at radius 3 is 1.75 bits per heavy atom. The van der Waals surface area contributed by atoms with E-state index in [1.165, 1.54) is 21.8 Å². The summed E-state index contributed by atoms with van der Waals surface area (Å²) in [5.74, 6) is 1.83. The summed E-state index contributed by atoms with van der Waals surface area (Å²) in [5, 5.41) is 3.58. The minimum absolute atomic E-state index is 0.574. The van der Waals surface area contributed by atoms with Gasteiger partial charge in [-0.1, -0.05) is 140 Å². The van der Waals surface area contributed by atoms with Gasteiger partial charge in [-0.05, 0) is 54.4 Å². The lowest BCUT2D eigenvalue weighted by Crippen LogP contribution is -2.07. The summed E-state index contributed by atoms with van der Waals surface area (Å²) >= 11 is 0. The van der Waals surface area contributed by atoms with Gasteiger partial charge in [-0.3, -0.25) is 4.57 Å². The first-order valence-electron chi connectivity index (χ1n) is 17.1. The molecule has 51 heavy (non-hydrogen) atoms. The molecular formula is C46H33N5. The van der Waals surface area contributed by atoms with Gasteiger partial charge in [0.15, 0.2) is 11.6 Å². The third-order valence-electron chi connectivity index (χ3n) is 9.56. The van der Waals surface area contributed by atoms with Crippen LogP contribution in [0.1, 0.15) is 11.3 Å². The van der Waals surface area contributed by atoms with Crippen LogP contribution in [0.2, 0.25) is 0 Å². The average molecular weight is 656 g/mol. The van der Waals surface area contributed by atoms with E-state index < -0.39 is 0 Å². The number of aromatic nitrogens is 5. The van der Waals surface area contributed by atoms with Crippen LogP contribution in [0.3, 0.4) is 0 Å². The quantitative estimate of drug-likeness (QED) is 0.161. The maximum atomic E-state index is 5.07. The summed E-state index contributed by atoms with van der Waals surface area (Å²) in [6.07, 6.45) is 5.92. The zero-order chi connectivity index (χ0) is 34.3. The van der Waals surface area contributed by atoms with Crippen LogP contribution < -0.4 is 0 Å². The van der Waals surface area contributed by atoms with Gasteiger partial charge in [-0.25, -0.2) is 4.98 Å². The van der Waals surface area contributed by atoms with Gasteiger partial charge in [0, 0.05) is 44.2 Å². The van der Waals surface area contributed by atoms with E-state index in [9.17, 15) is 0 Å². The molecule has 0 saturated heterocycles. The molecule has 3 heterocycles. The molecule has 242 valence electrons. The second-order valence-electron chi connectivity index (χ2n) is 12.6. The van der Waals surface area contributed by atoms with Crippen molar-refractivity contribution in [3.63, 3.8) is 0 Å². The summed E-state index contributed by atoms with van der Waals surface area (Å²) in [4.78, 5) is 15.1. The Bertz CT molecular complexity index is 2700. The smallest absolute Gasteiger partial charge is 0.238 e. The van der Waals surface area contributed by atoms with Crippen molar-refractivity contribution in [2.45, 2.75) is 6.92 Å². The van der Waals surface area contributed by atoms with Gasteiger partial charge in [-0.2, -0.15) is 9.97 Å². The molecule has 3 aromatic heterocycles. The lowest BCUT2D eigenvalue weighted by molar-refractivity contribution is 0.906. The molecule has 0 aliphatic carbocycles. The summed E-state index contributed by atoms with van der Waals surface area (Å²) in [6, 6.07) is 52.9. The predicted molar refractivity (Wildman–Crippen MR) is 211 cm³/mol. The van der Waals surface area contributed by atoms with Crippen molar-refractivity contribution in [1.29, 1.82) is 0 Å². The Balaban J connectivity index is 1.25. The average Bonchev–Trinajstić information content (AvgIpc) is 3.68. The van der Waals surface area contributed by atoms with Gasteiger partial charge >= 0.3 is 0 Å². The van der Waals surface area contributed by atoms with Crippen molar-refractivity contribution < 1.29 is 0 Å². The highest BCUT2D eigenvalue weighted by molar-refractivity contribution is 6.10. The number of benzene rings is 6. The van der Waals surface area contributed by atoms with Crippen LogP contribution in [-0.2, 0) is 0 Å². The Hall–Kier alpha value is -6.85. The van der Waals surface area contributed by atoms with Gasteiger partial charge in [0.25, 0.3) is 0 Å². The second-order valence-corrected chi connectivity index (χ2v) is 12.6. The molecule has 0 aliphatic rings. The first kappa shape index (κ1) is 30.2. The topological polar surface area (TPSA) is 48.5 Å². The highest BCUT2D eigenvalue weighted by Crippen LogP contribution is 2.37. The minimum atomic E-state index is 0.574. The Labute approximate surface area is 296 Å². The largest absolute Gasteiger partial charge is 0.309 e. The number of hydrogen-bond acceptors (Lipinski definition) is 3. The van der Waals surface area contributed by atoms with Crippen LogP contribution in [-0.4, -0.2) is 24.1 Å². The summed E-state index contributed by atoms with van der Waals surface area (Å²) in [5.41, 5.74) is 10.8. The number of rotatable bonds is 7. The van der Waals surface area contributed by atoms with Gasteiger partial charge < -0.3 is 4.57 Å². The minimum Gasteiger partial charge on any atom is -0.309 e. The molecule has 9 aromatic rings. The van der Waals surface area contributed by atoms with Crippen LogP contribution >= 0.6 is 0 Å². The van der Waals surface area contributed by atoms with E-state index in [1.54, 1.807) is 0 Å². The van der Waals surface area contributed by atoms with Crippen molar-refractivity contribution >= 4 is 38.8 Å². The maximum Gasteiger partial charge on any atom is 0.238 e. The zero-order valence-corrected chi connectivity index (χ0v) is 28.1. The van der Waals surface area contributed by atoms with E-state index in [4.69, 9.17) is 15.0 Å². The Morgan fingerprint density at radius 2 is 1.06 bits per heavy atom. The first-order valence-corrected chi connectivity index (χ1v) is 17.1. The fourth-order valence-corrected chi connectivity index (χ4v) is 7.16. The fraction of sp³-hybridized carbons (Fsp3) is 0.0217. The molecule has 0 spiro atoms. The van der Waals surface area contributed by atoms with E-state index in [2.05, 4.69) is 120 Å². The lowest BCUT2D eigenvalue weighted by atomic mass is 10.0. The molecular weight excluding hydrogens is 623 g/mol. The molecule has 0 aliphatic heterocycles. The molecule has 0 N–H and O–H groups in total. The predicted octanol–water partition coefficient (Wildman–Crippen LogP) is 11.4. The molecule has 9 rings (SSSR count). The standard InChI is InChI=1S/C46H33N5/c1-3-4-22-37-31(2)50(46-48-44(32-16-8-5-9-17-32)47-45(49-46)33-18-10-6-11-19-33)42-28-26-34(29-40(37)42)35-25-27-39-38-23-14-15-24-41(38)51(43(39)30-35)36-20-12-7-13-21-36/h3-30H,1H2,2H3/b22-4-. The molecule has 0 saturated carbocycles. The van der Waals surface area contributed by atoms with Crippen LogP contribution in [0, 0.1) is 6.92 Å². The van der Waals surface area contributed by atoms with Gasteiger partial charge in [0.1, 0.15) is 0 Å². The molecule has 0 atom stereocenters. The van der Waals surface area contributed by atoms with Gasteiger partial charge in [0.05, 0.1) is 16.6 Å². The first-order chi connectivity index (χ1) is 25.2. The fourth-order valence-electron chi connectivity index (χ4n) is 7.16. The van der Waals surface area contributed by atoms with E-state index in [-0.39, 0.29) is 0 Å². The molecule has 5 heteroatoms. The van der Waals surface area contributed by atoms with Crippen LogP contribution in [0.25, 0.3) is 84.3 Å². The van der Waals surface area contributed by atoms with Crippen molar-refractivity contribution in [2.24, 2.45) is 0 Å². The van der Waals surface area contributed by atoms with Crippen LogP contribution in [0.5, 0.6) is 0 Å². The Kier molecular flexibility index (Phi) is 7.44. The summed E-state index contributed by atoms with van der Waals surface area (Å²) in [6.45, 7) is 6.08. The number of para-hydroxylation sites is 2. The Morgan fingerprint density at radius 1 is 0.490 bits per heavy atom. The number of nitrogens with zero attached hydrogens (tertiary/aromatic N) is 5. The van der Waals surface area contributed by atoms with Crippen LogP contribution in [0.4, 0.5) is 0 Å². The molecule has 6 aromatic carbocycles. The SMILES string of the molecule is C=C/C=C\c1c(C)n(-c2nc(-c3ccccc3)nc(-c3ccccc3)n2)c2ccc(-c3ccc4c5ccccc5n(-c5ccccc5)c4c3)cc12. The van der Waals surface area contributed by atoms with Crippen molar-refractivity contribution in [3.8, 4) is 45.5 Å². The second kappa shape index (κ2) is 12.6. The number of fused-ring (bicyclic) bond motifs is 4. The van der Waals surface area contributed by atoms with Crippen molar-refractivity contribution in [2.75, 3.05) is 0 Å². The zero-order valence-electron chi connectivity index (χ0n) is 28.1. The molecule has 5 nitrogen and oxygen atoms in total. The highest BCUT2D eigenvalue weighted by Gasteiger charge is 2.20. The molecule has 0 radical (unpaired) electrons. The maximum absolute atomic E-state index is 5.07. The normalized spacial score (nSPS) is 11.6. The third-order valence-corrected chi connectivity index (χ3v) is 9.56.